The highest BCUT2D eigenvalue weighted by Gasteiger charge is 2.60. The Morgan fingerprint density at radius 1 is 1.19 bits per heavy atom. The average molecular weight is 440 g/mol. The van der Waals surface area contributed by atoms with E-state index in [1.165, 1.54) is 24.3 Å². The van der Waals surface area contributed by atoms with Gasteiger partial charge >= 0.3 is 0 Å². The zero-order valence-electron chi connectivity index (χ0n) is 17.6. The largest absolute Gasteiger partial charge is 0.489 e. The first kappa shape index (κ1) is 21.8. The van der Waals surface area contributed by atoms with Crippen LogP contribution in [0.25, 0.3) is 0 Å². The molecule has 2 heterocycles. The minimum atomic E-state index is -0.735. The molecule has 0 unspecified atom stereocenters. The number of rotatable bonds is 8. The van der Waals surface area contributed by atoms with Crippen molar-refractivity contribution in [2.75, 3.05) is 19.0 Å². The Bertz CT molecular complexity index is 1130. The van der Waals surface area contributed by atoms with Crippen LogP contribution in [-0.2, 0) is 21.6 Å². The van der Waals surface area contributed by atoms with Crippen molar-refractivity contribution in [2.45, 2.75) is 25.4 Å². The fourth-order valence-corrected chi connectivity index (χ4v) is 3.75. The number of nitrogens with zero attached hydrogens (tertiary/aromatic N) is 3. The van der Waals surface area contributed by atoms with E-state index in [0.29, 0.717) is 29.3 Å². The topological polar surface area (TPSA) is 86.2 Å². The number of benzene rings is 1. The maximum Gasteiger partial charge on any atom is 0.229 e. The van der Waals surface area contributed by atoms with Gasteiger partial charge in [0.25, 0.3) is 0 Å². The van der Waals surface area contributed by atoms with Crippen LogP contribution in [0, 0.1) is 24.5 Å². The third-order valence-corrected chi connectivity index (χ3v) is 5.49. The lowest BCUT2D eigenvalue weighted by molar-refractivity contribution is -0.117. The number of hydrogen-bond donors (Lipinski definition) is 1. The molecule has 1 aromatic carbocycles. The number of carbonyl (C=O) groups is 1. The summed E-state index contributed by atoms with van der Waals surface area (Å²) in [6.45, 7) is 2.13. The predicted molar refractivity (Wildman–Crippen MR) is 112 cm³/mol. The summed E-state index contributed by atoms with van der Waals surface area (Å²) < 4.78 is 38.3. The van der Waals surface area contributed by atoms with Gasteiger partial charge in [-0.3, -0.25) is 4.79 Å². The Labute approximate surface area is 183 Å². The molecule has 1 N–H and O–H groups in total. The van der Waals surface area contributed by atoms with Crippen molar-refractivity contribution < 1.29 is 23.0 Å². The molecule has 0 spiro atoms. The number of nitrogens with one attached hydrogen (secondary N) is 1. The van der Waals surface area contributed by atoms with Gasteiger partial charge in [-0.2, -0.15) is 0 Å². The molecule has 1 fully saturated rings. The molecule has 0 saturated heterocycles. The number of aromatic nitrogens is 3. The number of methoxy groups -OCH3 is 1. The van der Waals surface area contributed by atoms with Crippen LogP contribution in [0.3, 0.4) is 0 Å². The quantitative estimate of drug-likeness (QED) is 0.576. The fourth-order valence-electron chi connectivity index (χ4n) is 3.75. The summed E-state index contributed by atoms with van der Waals surface area (Å²) >= 11 is 0. The lowest BCUT2D eigenvalue weighted by Crippen LogP contribution is -2.27. The third kappa shape index (κ3) is 4.57. The van der Waals surface area contributed by atoms with Crippen LogP contribution in [0.2, 0.25) is 0 Å². The summed E-state index contributed by atoms with van der Waals surface area (Å²) in [7, 11) is 1.56. The van der Waals surface area contributed by atoms with E-state index in [-0.39, 0.29) is 24.9 Å². The fraction of sp³-hybridized carbons (Fsp3) is 0.304. The second-order valence-electron chi connectivity index (χ2n) is 7.72. The van der Waals surface area contributed by atoms with E-state index in [9.17, 15) is 13.6 Å². The van der Waals surface area contributed by atoms with Crippen LogP contribution >= 0.6 is 0 Å². The SMILES string of the molecule is COCc1nc(C)ncc1OC[C@@]1(c2cccc(F)c2)C[C@H]1C(=O)Nc1ccc(F)cn1. The van der Waals surface area contributed by atoms with Gasteiger partial charge in [0.05, 0.1) is 31.5 Å². The van der Waals surface area contributed by atoms with Crippen LogP contribution in [0.15, 0.2) is 48.8 Å². The zero-order chi connectivity index (χ0) is 22.7. The van der Waals surface area contributed by atoms with Gasteiger partial charge in [0.15, 0.2) is 5.75 Å². The number of halogens is 2. The second-order valence-corrected chi connectivity index (χ2v) is 7.72. The van der Waals surface area contributed by atoms with E-state index in [0.717, 1.165) is 6.20 Å². The van der Waals surface area contributed by atoms with Crippen LogP contribution in [0.5, 0.6) is 5.75 Å². The second kappa shape index (κ2) is 8.96. The number of aryl methyl sites for hydroxylation is 1. The molecular weight excluding hydrogens is 418 g/mol. The Morgan fingerprint density at radius 3 is 2.75 bits per heavy atom. The van der Waals surface area contributed by atoms with Crippen molar-refractivity contribution in [3.05, 3.63) is 77.5 Å². The number of ether oxygens (including phenoxy) is 2. The van der Waals surface area contributed by atoms with Crippen LogP contribution in [0.1, 0.15) is 23.5 Å². The molecule has 2 atom stereocenters. The molecule has 3 aromatic rings. The van der Waals surface area contributed by atoms with Crippen molar-refractivity contribution in [2.24, 2.45) is 5.92 Å². The van der Waals surface area contributed by atoms with Gasteiger partial charge in [0.2, 0.25) is 5.91 Å². The maximum atomic E-state index is 14.0. The number of pyridine rings is 1. The number of carbonyl (C=O) groups excluding carboxylic acids is 1. The summed E-state index contributed by atoms with van der Waals surface area (Å²) in [5.74, 6) is -0.399. The van der Waals surface area contributed by atoms with Crippen molar-refractivity contribution in [1.82, 2.24) is 15.0 Å². The molecule has 0 radical (unpaired) electrons. The molecule has 9 heteroatoms. The van der Waals surface area contributed by atoms with Gasteiger partial charge in [-0.05, 0) is 43.2 Å². The smallest absolute Gasteiger partial charge is 0.229 e. The van der Waals surface area contributed by atoms with Gasteiger partial charge in [-0.25, -0.2) is 23.7 Å². The van der Waals surface area contributed by atoms with Gasteiger partial charge in [-0.1, -0.05) is 12.1 Å². The highest BCUT2D eigenvalue weighted by molar-refractivity contribution is 5.95. The minimum absolute atomic E-state index is 0.120. The van der Waals surface area contributed by atoms with E-state index >= 15 is 0 Å². The molecule has 4 rings (SSSR count). The highest BCUT2D eigenvalue weighted by Crippen LogP contribution is 2.55. The molecule has 1 aliphatic rings. The van der Waals surface area contributed by atoms with Gasteiger partial charge in [0, 0.05) is 12.5 Å². The Hall–Kier alpha value is -3.46. The van der Waals surface area contributed by atoms with Gasteiger partial charge < -0.3 is 14.8 Å². The Kier molecular flexibility index (Phi) is 6.09. The van der Waals surface area contributed by atoms with E-state index < -0.39 is 23.0 Å². The van der Waals surface area contributed by atoms with Crippen molar-refractivity contribution in [3.8, 4) is 5.75 Å². The summed E-state index contributed by atoms with van der Waals surface area (Å²) in [5, 5.41) is 2.70. The standard InChI is InChI=1S/C23H22F2N4O3/c1-14-26-11-20(19(28-14)12-31-2)32-13-23(15-4-3-5-16(24)8-15)9-18(23)22(30)29-21-7-6-17(25)10-27-21/h3-8,10-11,18H,9,12-13H2,1-2H3,(H,27,29,30)/t18-,23+/m0/s1. The molecule has 1 aliphatic carbocycles. The third-order valence-electron chi connectivity index (χ3n) is 5.49. The maximum absolute atomic E-state index is 14.0. The van der Waals surface area contributed by atoms with Crippen LogP contribution < -0.4 is 10.1 Å². The highest BCUT2D eigenvalue weighted by atomic mass is 19.1. The lowest BCUT2D eigenvalue weighted by Gasteiger charge is -2.20. The molecule has 1 amide bonds. The Balaban J connectivity index is 1.57. The predicted octanol–water partition coefficient (Wildman–Crippen LogP) is 3.58. The average Bonchev–Trinajstić information content (AvgIpc) is 3.51. The monoisotopic (exact) mass is 440 g/mol. The number of amides is 1. The van der Waals surface area contributed by atoms with Crippen molar-refractivity contribution >= 4 is 11.7 Å². The summed E-state index contributed by atoms with van der Waals surface area (Å²) in [4.78, 5) is 25.3. The molecule has 32 heavy (non-hydrogen) atoms. The number of hydrogen-bond acceptors (Lipinski definition) is 6. The summed E-state index contributed by atoms with van der Waals surface area (Å²) in [6, 6.07) is 8.74. The van der Waals surface area contributed by atoms with Gasteiger partial charge in [0.1, 0.15) is 29.0 Å². The minimum Gasteiger partial charge on any atom is -0.489 e. The number of anilines is 1. The normalized spacial score (nSPS) is 19.4. The lowest BCUT2D eigenvalue weighted by atomic mass is 9.93. The molecule has 2 aromatic heterocycles. The van der Waals surface area contributed by atoms with E-state index in [1.807, 2.05) is 0 Å². The molecule has 1 saturated carbocycles. The van der Waals surface area contributed by atoms with Gasteiger partial charge in [-0.15, -0.1) is 0 Å². The van der Waals surface area contributed by atoms with E-state index in [4.69, 9.17) is 9.47 Å². The molecule has 166 valence electrons. The summed E-state index contributed by atoms with van der Waals surface area (Å²) in [5.41, 5.74) is 0.513. The molecule has 7 nitrogen and oxygen atoms in total. The molecule has 0 aliphatic heterocycles. The summed E-state index contributed by atoms with van der Waals surface area (Å²) in [6.07, 6.45) is 3.05. The Morgan fingerprint density at radius 2 is 2.03 bits per heavy atom. The first-order valence-corrected chi connectivity index (χ1v) is 10.0. The van der Waals surface area contributed by atoms with E-state index in [2.05, 4.69) is 20.3 Å². The van der Waals surface area contributed by atoms with E-state index in [1.54, 1.807) is 32.4 Å². The zero-order valence-corrected chi connectivity index (χ0v) is 17.6. The first-order chi connectivity index (χ1) is 15.4. The van der Waals surface area contributed by atoms with Crippen LogP contribution in [-0.4, -0.2) is 34.6 Å². The molecular formula is C23H22F2N4O3. The van der Waals surface area contributed by atoms with Crippen molar-refractivity contribution in [3.63, 3.8) is 0 Å². The van der Waals surface area contributed by atoms with Crippen molar-refractivity contribution in [1.29, 1.82) is 0 Å². The first-order valence-electron chi connectivity index (χ1n) is 10.0. The van der Waals surface area contributed by atoms with Crippen LogP contribution in [0.4, 0.5) is 14.6 Å². The molecule has 0 bridgehead atoms.